The zero-order valence-corrected chi connectivity index (χ0v) is 15.7. The zero-order valence-electron chi connectivity index (χ0n) is 14.9. The summed E-state index contributed by atoms with van der Waals surface area (Å²) in [6, 6.07) is 2.91. The third-order valence-corrected chi connectivity index (χ3v) is 6.26. The van der Waals surface area contributed by atoms with Gasteiger partial charge in [0.2, 0.25) is 0 Å². The van der Waals surface area contributed by atoms with Gasteiger partial charge in [-0.15, -0.1) is 0 Å². The predicted molar refractivity (Wildman–Crippen MR) is 94.5 cm³/mol. The topological polar surface area (TPSA) is 101 Å². The molecule has 2 N–H and O–H groups in total. The van der Waals surface area contributed by atoms with Crippen molar-refractivity contribution in [3.63, 3.8) is 0 Å². The van der Waals surface area contributed by atoms with E-state index in [0.29, 0.717) is 24.0 Å². The Bertz CT molecular complexity index is 792. The minimum atomic E-state index is -3.43. The molecule has 1 saturated carbocycles. The summed E-state index contributed by atoms with van der Waals surface area (Å²) in [6.45, 7) is 3.56. The Morgan fingerprint density at radius 3 is 2.28 bits per heavy atom. The summed E-state index contributed by atoms with van der Waals surface area (Å²) in [5.41, 5.74) is 0.749. The third-order valence-electron chi connectivity index (χ3n) is 5.17. The number of aryl methyl sites for hydroxylation is 1. The largest absolute Gasteiger partial charge is 0.481 e. The first-order valence-electron chi connectivity index (χ1n) is 8.40. The molecule has 0 aliphatic heterocycles. The smallest absolute Gasteiger partial charge is 0.311 e. The molecule has 0 saturated heterocycles. The number of sulfone groups is 1. The maximum atomic E-state index is 12.6. The molecule has 0 heterocycles. The Balaban J connectivity index is 2.26. The molecule has 1 aliphatic rings. The van der Waals surface area contributed by atoms with E-state index in [1.54, 1.807) is 19.9 Å². The van der Waals surface area contributed by atoms with Crippen LogP contribution in [0, 0.1) is 19.3 Å². The molecule has 1 aliphatic carbocycles. The predicted octanol–water partition coefficient (Wildman–Crippen LogP) is 2.47. The van der Waals surface area contributed by atoms with Gasteiger partial charge < -0.3 is 10.4 Å². The van der Waals surface area contributed by atoms with Gasteiger partial charge in [-0.1, -0.05) is 19.3 Å². The number of nitrogens with one attached hydrogen (secondary N) is 1. The van der Waals surface area contributed by atoms with E-state index in [4.69, 9.17) is 0 Å². The molecule has 0 aromatic heterocycles. The number of carboxylic acid groups (broad SMARTS) is 1. The Labute approximate surface area is 148 Å². The van der Waals surface area contributed by atoms with Gasteiger partial charge in [0, 0.05) is 18.4 Å². The number of aliphatic carboxylic acids is 1. The molecule has 0 bridgehead atoms. The first kappa shape index (κ1) is 19.4. The van der Waals surface area contributed by atoms with Gasteiger partial charge in [-0.25, -0.2) is 8.42 Å². The van der Waals surface area contributed by atoms with Crippen LogP contribution in [0.25, 0.3) is 0 Å². The number of amides is 1. The van der Waals surface area contributed by atoms with Crippen molar-refractivity contribution in [3.8, 4) is 0 Å². The van der Waals surface area contributed by atoms with E-state index in [2.05, 4.69) is 5.32 Å². The number of carbonyl (C=O) groups excluding carboxylic acids is 1. The van der Waals surface area contributed by atoms with Gasteiger partial charge in [0.05, 0.1) is 10.3 Å². The maximum absolute atomic E-state index is 12.6. The third kappa shape index (κ3) is 4.21. The molecule has 138 valence electrons. The summed E-state index contributed by atoms with van der Waals surface area (Å²) < 4.78 is 23.6. The Morgan fingerprint density at radius 1 is 1.16 bits per heavy atom. The molecule has 2 rings (SSSR count). The van der Waals surface area contributed by atoms with Gasteiger partial charge >= 0.3 is 5.97 Å². The van der Waals surface area contributed by atoms with Gasteiger partial charge in [-0.05, 0) is 49.9 Å². The first-order chi connectivity index (χ1) is 11.6. The van der Waals surface area contributed by atoms with Crippen molar-refractivity contribution in [1.82, 2.24) is 5.32 Å². The molecule has 1 aromatic rings. The van der Waals surface area contributed by atoms with E-state index in [0.717, 1.165) is 25.5 Å². The second-order valence-corrected chi connectivity index (χ2v) is 9.03. The fraction of sp³-hybridized carbons (Fsp3) is 0.556. The van der Waals surface area contributed by atoms with E-state index < -0.39 is 27.1 Å². The fourth-order valence-corrected chi connectivity index (χ4v) is 4.04. The summed E-state index contributed by atoms with van der Waals surface area (Å²) in [4.78, 5) is 24.4. The van der Waals surface area contributed by atoms with E-state index in [-0.39, 0.29) is 17.0 Å². The lowest BCUT2D eigenvalue weighted by atomic mass is 9.74. The second-order valence-electron chi connectivity index (χ2n) is 7.01. The van der Waals surface area contributed by atoms with Gasteiger partial charge in [0.25, 0.3) is 5.91 Å². The minimum Gasteiger partial charge on any atom is -0.481 e. The molecular formula is C18H25NO5S. The molecule has 0 unspecified atom stereocenters. The summed E-state index contributed by atoms with van der Waals surface area (Å²) in [6.07, 6.45) is 4.87. The summed E-state index contributed by atoms with van der Waals surface area (Å²) in [7, 11) is -3.43. The van der Waals surface area contributed by atoms with Crippen molar-refractivity contribution in [2.45, 2.75) is 50.8 Å². The van der Waals surface area contributed by atoms with Crippen LogP contribution < -0.4 is 5.32 Å². The highest BCUT2D eigenvalue weighted by Gasteiger charge is 2.39. The van der Waals surface area contributed by atoms with E-state index in [9.17, 15) is 23.1 Å². The molecule has 1 fully saturated rings. The van der Waals surface area contributed by atoms with Crippen LogP contribution in [0.4, 0.5) is 0 Å². The van der Waals surface area contributed by atoms with Gasteiger partial charge in [-0.2, -0.15) is 0 Å². The maximum Gasteiger partial charge on any atom is 0.311 e. The summed E-state index contributed by atoms with van der Waals surface area (Å²) in [5, 5.41) is 12.3. The summed E-state index contributed by atoms with van der Waals surface area (Å²) in [5.74, 6) is -1.32. The Hall–Kier alpha value is -1.89. The lowest BCUT2D eigenvalue weighted by molar-refractivity contribution is -0.150. The summed E-state index contributed by atoms with van der Waals surface area (Å²) >= 11 is 0. The number of benzene rings is 1. The van der Waals surface area contributed by atoms with Crippen LogP contribution in [-0.4, -0.2) is 38.2 Å². The fourth-order valence-electron chi connectivity index (χ4n) is 3.32. The standard InChI is InChI=1S/C18H25NO5S/c1-12-9-14(25(3,23)24)10-15(13(12)2)16(20)19-11-18(17(21)22)7-5-4-6-8-18/h9-10H,4-8,11H2,1-3H3,(H,19,20)(H,21,22). The molecule has 1 aromatic carbocycles. The van der Waals surface area contributed by atoms with Crippen LogP contribution in [0.3, 0.4) is 0 Å². The quantitative estimate of drug-likeness (QED) is 0.833. The number of hydrogen-bond donors (Lipinski definition) is 2. The highest BCUT2D eigenvalue weighted by Crippen LogP contribution is 2.36. The highest BCUT2D eigenvalue weighted by molar-refractivity contribution is 7.90. The van der Waals surface area contributed by atoms with E-state index in [1.807, 2.05) is 0 Å². The van der Waals surface area contributed by atoms with Crippen LogP contribution in [0.1, 0.15) is 53.6 Å². The van der Waals surface area contributed by atoms with Crippen molar-refractivity contribution in [1.29, 1.82) is 0 Å². The Morgan fingerprint density at radius 2 is 1.76 bits per heavy atom. The molecule has 6 nitrogen and oxygen atoms in total. The molecular weight excluding hydrogens is 342 g/mol. The van der Waals surface area contributed by atoms with Gasteiger partial charge in [0.1, 0.15) is 0 Å². The van der Waals surface area contributed by atoms with Crippen LogP contribution >= 0.6 is 0 Å². The first-order valence-corrected chi connectivity index (χ1v) is 10.3. The van der Waals surface area contributed by atoms with Crippen molar-refractivity contribution < 1.29 is 23.1 Å². The van der Waals surface area contributed by atoms with E-state index >= 15 is 0 Å². The molecule has 0 spiro atoms. The average molecular weight is 367 g/mol. The van der Waals surface area contributed by atoms with Crippen LogP contribution in [0.5, 0.6) is 0 Å². The zero-order chi connectivity index (χ0) is 18.8. The molecule has 0 atom stereocenters. The lowest BCUT2D eigenvalue weighted by Crippen LogP contribution is -2.44. The normalized spacial score (nSPS) is 17.1. The van der Waals surface area contributed by atoms with Gasteiger partial charge in [-0.3, -0.25) is 9.59 Å². The number of rotatable bonds is 5. The number of hydrogen-bond acceptors (Lipinski definition) is 4. The van der Waals surface area contributed by atoms with Gasteiger partial charge in [0.15, 0.2) is 9.84 Å². The monoisotopic (exact) mass is 367 g/mol. The molecule has 7 heteroatoms. The lowest BCUT2D eigenvalue weighted by Gasteiger charge is -2.33. The van der Waals surface area contributed by atoms with Crippen molar-refractivity contribution in [2.24, 2.45) is 5.41 Å². The minimum absolute atomic E-state index is 0.0583. The highest BCUT2D eigenvalue weighted by atomic mass is 32.2. The average Bonchev–Trinajstić information content (AvgIpc) is 2.54. The van der Waals surface area contributed by atoms with E-state index in [1.165, 1.54) is 6.07 Å². The van der Waals surface area contributed by atoms with Crippen LogP contribution in [0.2, 0.25) is 0 Å². The Kier molecular flexibility index (Phi) is 5.56. The van der Waals surface area contributed by atoms with Crippen LogP contribution in [-0.2, 0) is 14.6 Å². The second kappa shape index (κ2) is 7.15. The molecule has 1 amide bonds. The van der Waals surface area contributed by atoms with Crippen LogP contribution in [0.15, 0.2) is 17.0 Å². The molecule has 0 radical (unpaired) electrons. The number of carbonyl (C=O) groups is 2. The van der Waals surface area contributed by atoms with Crippen molar-refractivity contribution in [3.05, 3.63) is 28.8 Å². The SMILES string of the molecule is Cc1cc(S(C)(=O)=O)cc(C(=O)NCC2(C(=O)O)CCCCC2)c1C. The number of carboxylic acids is 1. The van der Waals surface area contributed by atoms with Crippen molar-refractivity contribution in [2.75, 3.05) is 12.8 Å². The van der Waals surface area contributed by atoms with Crippen molar-refractivity contribution >= 4 is 21.7 Å². The molecule has 25 heavy (non-hydrogen) atoms.